The first-order valence-corrected chi connectivity index (χ1v) is 8.92. The van der Waals surface area contributed by atoms with Gasteiger partial charge in [-0.25, -0.2) is 4.79 Å². The molecular weight excluding hydrogens is 344 g/mol. The Balaban J connectivity index is 1.44. The first kappa shape index (κ1) is 18.4. The topological polar surface area (TPSA) is 90.5 Å². The number of carbonyl (C=O) groups is 3. The highest BCUT2D eigenvalue weighted by atomic mass is 16.2. The van der Waals surface area contributed by atoms with E-state index >= 15 is 0 Å². The van der Waals surface area contributed by atoms with E-state index in [0.29, 0.717) is 24.3 Å². The maximum atomic E-state index is 12.1. The molecule has 140 valence electrons. The summed E-state index contributed by atoms with van der Waals surface area (Å²) in [7, 11) is 0. The molecule has 7 heteroatoms. The van der Waals surface area contributed by atoms with Crippen LogP contribution in [-0.2, 0) is 9.59 Å². The van der Waals surface area contributed by atoms with Gasteiger partial charge in [-0.3, -0.25) is 9.59 Å². The number of hydrogen-bond donors (Lipinski definition) is 3. The number of nitrogens with zero attached hydrogens (tertiary/aromatic N) is 1. The van der Waals surface area contributed by atoms with Crippen molar-refractivity contribution in [2.24, 2.45) is 0 Å². The molecule has 4 amide bonds. The number of urea groups is 1. The Morgan fingerprint density at radius 3 is 2.48 bits per heavy atom. The summed E-state index contributed by atoms with van der Waals surface area (Å²) in [5, 5.41) is 8.13. The fraction of sp³-hybridized carbons (Fsp3) is 0.250. The Kier molecular flexibility index (Phi) is 6.04. The van der Waals surface area contributed by atoms with Crippen LogP contribution in [0.4, 0.5) is 21.9 Å². The number of amides is 4. The molecule has 7 nitrogen and oxygen atoms in total. The molecule has 27 heavy (non-hydrogen) atoms. The molecule has 0 radical (unpaired) electrons. The third-order valence-electron chi connectivity index (χ3n) is 4.18. The van der Waals surface area contributed by atoms with E-state index in [9.17, 15) is 14.4 Å². The van der Waals surface area contributed by atoms with E-state index in [2.05, 4.69) is 16.0 Å². The van der Waals surface area contributed by atoms with Gasteiger partial charge in [-0.1, -0.05) is 24.3 Å². The molecule has 0 bridgehead atoms. The summed E-state index contributed by atoms with van der Waals surface area (Å²) in [4.78, 5) is 37.4. The molecule has 0 saturated carbocycles. The monoisotopic (exact) mass is 366 g/mol. The molecule has 2 aromatic carbocycles. The lowest BCUT2D eigenvalue weighted by atomic mass is 10.2. The number of benzene rings is 2. The quantitative estimate of drug-likeness (QED) is 0.734. The van der Waals surface area contributed by atoms with Crippen LogP contribution in [0.3, 0.4) is 0 Å². The van der Waals surface area contributed by atoms with Crippen molar-refractivity contribution in [2.75, 3.05) is 28.6 Å². The van der Waals surface area contributed by atoms with Crippen LogP contribution in [0.2, 0.25) is 0 Å². The van der Waals surface area contributed by atoms with Crippen LogP contribution >= 0.6 is 0 Å². The normalized spacial score (nSPS) is 13.3. The lowest BCUT2D eigenvalue weighted by Gasteiger charge is -2.16. The minimum Gasteiger partial charge on any atom is -0.337 e. The summed E-state index contributed by atoms with van der Waals surface area (Å²) in [6.45, 7) is 0.922. The summed E-state index contributed by atoms with van der Waals surface area (Å²) in [5.41, 5.74) is 2.11. The van der Waals surface area contributed by atoms with Gasteiger partial charge in [-0.05, 0) is 36.8 Å². The Morgan fingerprint density at radius 1 is 0.963 bits per heavy atom. The van der Waals surface area contributed by atoms with Gasteiger partial charge in [0.25, 0.3) is 0 Å². The van der Waals surface area contributed by atoms with Gasteiger partial charge in [0.1, 0.15) is 0 Å². The number of para-hydroxylation sites is 1. The molecular formula is C20H22N4O3. The Labute approximate surface area is 157 Å². The molecule has 1 fully saturated rings. The smallest absolute Gasteiger partial charge is 0.319 e. The Bertz CT molecular complexity index is 823. The van der Waals surface area contributed by atoms with Gasteiger partial charge in [-0.15, -0.1) is 0 Å². The van der Waals surface area contributed by atoms with Gasteiger partial charge in [0.15, 0.2) is 0 Å². The van der Waals surface area contributed by atoms with E-state index in [1.54, 1.807) is 29.2 Å². The van der Waals surface area contributed by atoms with E-state index in [1.165, 1.54) is 0 Å². The molecule has 1 aliphatic rings. The van der Waals surface area contributed by atoms with Gasteiger partial charge in [0.05, 0.1) is 0 Å². The first-order chi connectivity index (χ1) is 13.1. The summed E-state index contributed by atoms with van der Waals surface area (Å²) in [5.74, 6) is -0.105. The van der Waals surface area contributed by atoms with E-state index in [0.717, 1.165) is 12.1 Å². The van der Waals surface area contributed by atoms with Crippen LogP contribution in [0.15, 0.2) is 54.6 Å². The maximum absolute atomic E-state index is 12.1. The number of hydrogen-bond acceptors (Lipinski definition) is 3. The number of nitrogens with one attached hydrogen (secondary N) is 3. The van der Waals surface area contributed by atoms with Gasteiger partial charge in [-0.2, -0.15) is 0 Å². The van der Waals surface area contributed by atoms with Crippen molar-refractivity contribution >= 4 is 34.9 Å². The summed E-state index contributed by atoms with van der Waals surface area (Å²) < 4.78 is 0. The van der Waals surface area contributed by atoms with Crippen molar-refractivity contribution in [2.45, 2.75) is 19.3 Å². The summed E-state index contributed by atoms with van der Waals surface area (Å²) in [6.07, 6.45) is 1.56. The second kappa shape index (κ2) is 8.84. The molecule has 0 atom stereocenters. The number of anilines is 3. The van der Waals surface area contributed by atoms with E-state index in [4.69, 9.17) is 0 Å². The summed E-state index contributed by atoms with van der Waals surface area (Å²) in [6, 6.07) is 15.9. The molecule has 0 aliphatic carbocycles. The highest BCUT2D eigenvalue weighted by Crippen LogP contribution is 2.24. The highest BCUT2D eigenvalue weighted by molar-refractivity contribution is 5.97. The SMILES string of the molecule is O=C(CCNC(=O)Nc1ccccc1)Nc1cccc(N2CCCC2=O)c1. The fourth-order valence-corrected chi connectivity index (χ4v) is 2.88. The van der Waals surface area contributed by atoms with Crippen molar-refractivity contribution in [1.29, 1.82) is 0 Å². The number of carbonyl (C=O) groups excluding carboxylic acids is 3. The Morgan fingerprint density at radius 2 is 1.74 bits per heavy atom. The van der Waals surface area contributed by atoms with Gasteiger partial charge in [0.2, 0.25) is 11.8 Å². The third kappa shape index (κ3) is 5.31. The largest absolute Gasteiger partial charge is 0.337 e. The predicted octanol–water partition coefficient (Wildman–Crippen LogP) is 2.96. The molecule has 1 heterocycles. The van der Waals surface area contributed by atoms with Crippen LogP contribution in [0.25, 0.3) is 0 Å². The van der Waals surface area contributed by atoms with Crippen LogP contribution < -0.4 is 20.9 Å². The fourth-order valence-electron chi connectivity index (χ4n) is 2.88. The average molecular weight is 366 g/mol. The molecule has 1 aliphatic heterocycles. The highest BCUT2D eigenvalue weighted by Gasteiger charge is 2.21. The van der Waals surface area contributed by atoms with Crippen LogP contribution in [0.1, 0.15) is 19.3 Å². The van der Waals surface area contributed by atoms with Crippen LogP contribution in [0.5, 0.6) is 0 Å². The third-order valence-corrected chi connectivity index (χ3v) is 4.18. The molecule has 3 rings (SSSR count). The standard InChI is InChI=1S/C20H22N4O3/c25-18(11-12-21-20(27)23-15-6-2-1-3-7-15)22-16-8-4-9-17(14-16)24-13-5-10-19(24)26/h1-4,6-9,14H,5,10-13H2,(H,22,25)(H2,21,23,27). The zero-order chi connectivity index (χ0) is 19.1. The molecule has 1 saturated heterocycles. The van der Waals surface area contributed by atoms with E-state index < -0.39 is 0 Å². The minimum absolute atomic E-state index is 0.104. The zero-order valence-corrected chi connectivity index (χ0v) is 14.9. The summed E-state index contributed by atoms with van der Waals surface area (Å²) >= 11 is 0. The van der Waals surface area contributed by atoms with Gasteiger partial charge < -0.3 is 20.9 Å². The molecule has 2 aromatic rings. The van der Waals surface area contributed by atoms with E-state index in [-0.39, 0.29) is 30.8 Å². The molecule has 0 spiro atoms. The van der Waals surface area contributed by atoms with Gasteiger partial charge in [0, 0.05) is 43.0 Å². The van der Waals surface area contributed by atoms with Crippen molar-refractivity contribution in [3.05, 3.63) is 54.6 Å². The van der Waals surface area contributed by atoms with Crippen molar-refractivity contribution in [1.82, 2.24) is 5.32 Å². The molecule has 3 N–H and O–H groups in total. The van der Waals surface area contributed by atoms with E-state index in [1.807, 2.05) is 30.3 Å². The van der Waals surface area contributed by atoms with Crippen molar-refractivity contribution < 1.29 is 14.4 Å². The maximum Gasteiger partial charge on any atom is 0.319 e. The van der Waals surface area contributed by atoms with Crippen molar-refractivity contribution in [3.8, 4) is 0 Å². The number of rotatable bonds is 6. The first-order valence-electron chi connectivity index (χ1n) is 8.92. The second-order valence-electron chi connectivity index (χ2n) is 6.24. The predicted molar refractivity (Wildman–Crippen MR) is 105 cm³/mol. The second-order valence-corrected chi connectivity index (χ2v) is 6.24. The van der Waals surface area contributed by atoms with Gasteiger partial charge >= 0.3 is 6.03 Å². The van der Waals surface area contributed by atoms with Crippen LogP contribution in [0, 0.1) is 0 Å². The lowest BCUT2D eigenvalue weighted by Crippen LogP contribution is -2.31. The molecule has 0 unspecified atom stereocenters. The van der Waals surface area contributed by atoms with Crippen LogP contribution in [-0.4, -0.2) is 30.9 Å². The zero-order valence-electron chi connectivity index (χ0n) is 14.9. The van der Waals surface area contributed by atoms with Crippen molar-refractivity contribution in [3.63, 3.8) is 0 Å². The Hall–Kier alpha value is -3.35. The molecule has 0 aromatic heterocycles. The average Bonchev–Trinajstić information content (AvgIpc) is 3.09. The lowest BCUT2D eigenvalue weighted by molar-refractivity contribution is -0.117. The minimum atomic E-state index is -0.358.